The van der Waals surface area contributed by atoms with Crippen LogP contribution in [0.5, 0.6) is 0 Å². The van der Waals surface area contributed by atoms with Crippen molar-refractivity contribution in [1.82, 2.24) is 0 Å². The van der Waals surface area contributed by atoms with Gasteiger partial charge in [0.1, 0.15) is 25.8 Å². The Morgan fingerprint density at radius 1 is 1.14 bits per heavy atom. The maximum Gasteiger partial charge on any atom is 0.194 e. The highest BCUT2D eigenvalue weighted by Gasteiger charge is 2.40. The lowest BCUT2D eigenvalue weighted by atomic mass is 9.95. The van der Waals surface area contributed by atoms with Gasteiger partial charge in [0.15, 0.2) is 5.78 Å². The van der Waals surface area contributed by atoms with E-state index >= 15 is 0 Å². The second-order valence-electron chi connectivity index (χ2n) is 4.96. The molecule has 6 nitrogen and oxygen atoms in total. The van der Waals surface area contributed by atoms with Gasteiger partial charge in [-0.25, -0.2) is 0 Å². The number of benzene rings is 1. The van der Waals surface area contributed by atoms with Crippen molar-refractivity contribution in [3.05, 3.63) is 35.9 Å². The Kier molecular flexibility index (Phi) is 6.95. The zero-order valence-electron chi connectivity index (χ0n) is 12.9. The summed E-state index contributed by atoms with van der Waals surface area (Å²) < 4.78 is 26.8. The summed E-state index contributed by atoms with van der Waals surface area (Å²) in [6.07, 6.45) is -0.887. The molecule has 0 amide bonds. The standard InChI is InChI=1S/C16H22O6/c1-18-10-21-13-8-9-20-16(15(13)22-11-19-2)14(17)12-6-4-3-5-7-12/h3-7,13,15-16H,8-11H2,1-2H3/t13-,15+,16-/m1/s1. The normalized spacial score (nSPS) is 25.1. The number of rotatable bonds is 8. The summed E-state index contributed by atoms with van der Waals surface area (Å²) in [4.78, 5) is 12.7. The number of ketones is 1. The molecule has 1 aliphatic heterocycles. The molecule has 1 saturated heterocycles. The fraction of sp³-hybridized carbons (Fsp3) is 0.562. The van der Waals surface area contributed by atoms with Crippen molar-refractivity contribution < 1.29 is 28.5 Å². The van der Waals surface area contributed by atoms with Crippen molar-refractivity contribution in [2.24, 2.45) is 0 Å². The Morgan fingerprint density at radius 2 is 1.82 bits per heavy atom. The van der Waals surface area contributed by atoms with Crippen LogP contribution in [0.3, 0.4) is 0 Å². The second-order valence-corrected chi connectivity index (χ2v) is 4.96. The van der Waals surface area contributed by atoms with Gasteiger partial charge in [0.25, 0.3) is 0 Å². The molecular formula is C16H22O6. The lowest BCUT2D eigenvalue weighted by Gasteiger charge is -2.36. The molecule has 1 heterocycles. The molecule has 0 unspecified atom stereocenters. The van der Waals surface area contributed by atoms with Gasteiger partial charge in [-0.1, -0.05) is 30.3 Å². The number of carbonyl (C=O) groups excluding carboxylic acids is 1. The largest absolute Gasteiger partial charge is 0.367 e. The van der Waals surface area contributed by atoms with Crippen LogP contribution in [-0.2, 0) is 23.7 Å². The van der Waals surface area contributed by atoms with Crippen LogP contribution in [0.25, 0.3) is 0 Å². The third-order valence-electron chi connectivity index (χ3n) is 3.46. The van der Waals surface area contributed by atoms with Gasteiger partial charge in [-0.15, -0.1) is 0 Å². The van der Waals surface area contributed by atoms with Crippen LogP contribution in [0.15, 0.2) is 30.3 Å². The van der Waals surface area contributed by atoms with E-state index in [1.165, 1.54) is 7.11 Å². The number of methoxy groups -OCH3 is 2. The second kappa shape index (κ2) is 8.97. The van der Waals surface area contributed by atoms with Crippen molar-refractivity contribution in [2.45, 2.75) is 24.7 Å². The topological polar surface area (TPSA) is 63.2 Å². The minimum Gasteiger partial charge on any atom is -0.367 e. The smallest absolute Gasteiger partial charge is 0.194 e. The first-order valence-electron chi connectivity index (χ1n) is 7.20. The molecule has 0 N–H and O–H groups in total. The first-order chi connectivity index (χ1) is 10.8. The molecule has 2 rings (SSSR count). The predicted molar refractivity (Wildman–Crippen MR) is 78.6 cm³/mol. The molecule has 0 aliphatic carbocycles. The van der Waals surface area contributed by atoms with Crippen LogP contribution in [0.1, 0.15) is 16.8 Å². The first kappa shape index (κ1) is 17.1. The number of carbonyl (C=O) groups is 1. The summed E-state index contributed by atoms with van der Waals surface area (Å²) in [6, 6.07) is 9.03. The Balaban J connectivity index is 2.13. The Hall–Kier alpha value is -1.31. The van der Waals surface area contributed by atoms with Crippen molar-refractivity contribution in [2.75, 3.05) is 34.4 Å². The van der Waals surface area contributed by atoms with Crippen molar-refractivity contribution in [3.63, 3.8) is 0 Å². The number of ether oxygens (including phenoxy) is 5. The van der Waals surface area contributed by atoms with Crippen LogP contribution < -0.4 is 0 Å². The number of hydrogen-bond acceptors (Lipinski definition) is 6. The minimum atomic E-state index is -0.715. The SMILES string of the molecule is COCO[C@@H]1[C@@H](C(=O)c2ccccc2)OCC[C@H]1OCOC. The highest BCUT2D eigenvalue weighted by molar-refractivity contribution is 6.00. The molecule has 22 heavy (non-hydrogen) atoms. The van der Waals surface area contributed by atoms with Crippen molar-refractivity contribution >= 4 is 5.78 Å². The Bertz CT molecular complexity index is 449. The zero-order valence-corrected chi connectivity index (χ0v) is 12.9. The summed E-state index contributed by atoms with van der Waals surface area (Å²) in [7, 11) is 3.08. The van der Waals surface area contributed by atoms with Gasteiger partial charge < -0.3 is 23.7 Å². The van der Waals surface area contributed by atoms with E-state index in [2.05, 4.69) is 0 Å². The van der Waals surface area contributed by atoms with Gasteiger partial charge in [0.2, 0.25) is 0 Å². The van der Waals surface area contributed by atoms with Crippen LogP contribution in [0.2, 0.25) is 0 Å². The number of hydrogen-bond donors (Lipinski definition) is 0. The summed E-state index contributed by atoms with van der Waals surface area (Å²) >= 11 is 0. The summed E-state index contributed by atoms with van der Waals surface area (Å²) in [5.41, 5.74) is 0.589. The van der Waals surface area contributed by atoms with Crippen molar-refractivity contribution in [1.29, 1.82) is 0 Å². The third kappa shape index (κ3) is 4.34. The molecule has 1 aromatic carbocycles. The monoisotopic (exact) mass is 310 g/mol. The van der Waals surface area contributed by atoms with Gasteiger partial charge >= 0.3 is 0 Å². The molecule has 0 bridgehead atoms. The van der Waals surface area contributed by atoms with Gasteiger partial charge in [-0.05, 0) is 6.42 Å². The van der Waals surface area contributed by atoms with Gasteiger partial charge in [0, 0.05) is 19.8 Å². The molecule has 3 atom stereocenters. The third-order valence-corrected chi connectivity index (χ3v) is 3.46. The number of Topliss-reactive ketones (excluding diaryl/α,β-unsaturated/α-hetero) is 1. The predicted octanol–water partition coefficient (Wildman–Crippen LogP) is 1.64. The lowest BCUT2D eigenvalue weighted by Crippen LogP contribution is -2.51. The van der Waals surface area contributed by atoms with Gasteiger partial charge in [-0.3, -0.25) is 4.79 Å². The molecular weight excluding hydrogens is 288 g/mol. The quantitative estimate of drug-likeness (QED) is 0.537. The van der Waals surface area contributed by atoms with E-state index in [-0.39, 0.29) is 25.5 Å². The van der Waals surface area contributed by atoms with Gasteiger partial charge in [-0.2, -0.15) is 0 Å². The molecule has 0 radical (unpaired) electrons. The minimum absolute atomic E-state index is 0.0689. The average Bonchev–Trinajstić information content (AvgIpc) is 2.58. The average molecular weight is 310 g/mol. The Labute approximate surface area is 130 Å². The summed E-state index contributed by atoms with van der Waals surface area (Å²) in [5, 5.41) is 0. The van der Waals surface area contributed by atoms with Crippen LogP contribution in [-0.4, -0.2) is 58.5 Å². The summed E-state index contributed by atoms with van der Waals surface area (Å²) in [6.45, 7) is 0.646. The van der Waals surface area contributed by atoms with Gasteiger partial charge in [0.05, 0.1) is 12.7 Å². The Morgan fingerprint density at radius 3 is 2.50 bits per heavy atom. The molecule has 1 aliphatic rings. The van der Waals surface area contributed by atoms with E-state index in [1.807, 2.05) is 18.2 Å². The van der Waals surface area contributed by atoms with E-state index in [0.29, 0.717) is 18.6 Å². The zero-order chi connectivity index (χ0) is 15.8. The van der Waals surface area contributed by atoms with E-state index in [1.54, 1.807) is 19.2 Å². The maximum absolute atomic E-state index is 12.7. The van der Waals surface area contributed by atoms with E-state index in [0.717, 1.165) is 0 Å². The summed E-state index contributed by atoms with van der Waals surface area (Å²) in [5.74, 6) is -0.118. The maximum atomic E-state index is 12.7. The van der Waals surface area contributed by atoms with Crippen LogP contribution in [0.4, 0.5) is 0 Å². The molecule has 0 saturated carbocycles. The van der Waals surface area contributed by atoms with E-state index in [4.69, 9.17) is 23.7 Å². The van der Waals surface area contributed by atoms with Crippen LogP contribution in [0, 0.1) is 0 Å². The first-order valence-corrected chi connectivity index (χ1v) is 7.20. The molecule has 122 valence electrons. The molecule has 0 spiro atoms. The fourth-order valence-electron chi connectivity index (χ4n) is 2.43. The van der Waals surface area contributed by atoms with Crippen LogP contribution >= 0.6 is 0 Å². The lowest BCUT2D eigenvalue weighted by molar-refractivity contribution is -0.209. The fourth-order valence-corrected chi connectivity index (χ4v) is 2.43. The molecule has 1 aromatic rings. The van der Waals surface area contributed by atoms with E-state index < -0.39 is 12.2 Å². The molecule has 1 fully saturated rings. The highest BCUT2D eigenvalue weighted by Crippen LogP contribution is 2.24. The molecule has 6 heteroatoms. The van der Waals surface area contributed by atoms with Crippen molar-refractivity contribution in [3.8, 4) is 0 Å². The highest BCUT2D eigenvalue weighted by atomic mass is 16.7. The molecule has 0 aromatic heterocycles. The van der Waals surface area contributed by atoms with E-state index in [9.17, 15) is 4.79 Å².